The van der Waals surface area contributed by atoms with Gasteiger partial charge < -0.3 is 195 Å². The highest BCUT2D eigenvalue weighted by atomic mass is 16.8. The van der Waals surface area contributed by atoms with Gasteiger partial charge in [-0.25, -0.2) is 43.2 Å². The van der Waals surface area contributed by atoms with Gasteiger partial charge in [0.2, 0.25) is 47.8 Å². The van der Waals surface area contributed by atoms with Crippen molar-refractivity contribution in [3.05, 3.63) is 141 Å². The summed E-state index contributed by atoms with van der Waals surface area (Å²) in [6, 6.07) is 6.04. The number of esters is 9. The number of ether oxygens (including phenoxy) is 12. The van der Waals surface area contributed by atoms with Crippen molar-refractivity contribution in [2.45, 2.75) is 61.4 Å². The summed E-state index contributed by atoms with van der Waals surface area (Å²) in [5.74, 6) is -55.4. The fraction of sp³-hybridized carbons (Fsp3) is 0.160. The van der Waals surface area contributed by atoms with Gasteiger partial charge in [0, 0.05) is 23.3 Å². The fourth-order valence-electron chi connectivity index (χ4n) is 12.2. The van der Waals surface area contributed by atoms with E-state index in [1.54, 1.807) is 0 Å². The smallest absolute Gasteiger partial charge is 0.342 e. The van der Waals surface area contributed by atoms with Crippen LogP contribution in [0.5, 0.6) is 161 Å². The van der Waals surface area contributed by atoms with Crippen molar-refractivity contribution in [1.82, 2.24) is 0 Å². The number of rotatable bonds is 17. The molecule has 0 saturated carbocycles. The second-order valence-corrected chi connectivity index (χ2v) is 26.2. The quantitative estimate of drug-likeness (QED) is 0.0354. The van der Waals surface area contributed by atoms with Crippen molar-refractivity contribution in [3.63, 3.8) is 0 Å². The molecule has 9 aromatic carbocycles. The van der Waals surface area contributed by atoms with E-state index in [1.807, 2.05) is 0 Å². The minimum absolute atomic E-state index is 0.200. The molecular weight excluding hydrogens is 1670 g/mol. The normalized spacial score (nSPS) is 19.1. The molecule has 0 radical (unpaired) electrons. The molecule has 10 unspecified atom stereocenters. The number of aromatic hydroxyl groups is 26. The van der Waals surface area contributed by atoms with E-state index in [1.165, 1.54) is 0 Å². The molecule has 3 heterocycles. The predicted molar refractivity (Wildman–Crippen MR) is 381 cm³/mol. The first-order valence-corrected chi connectivity index (χ1v) is 34.0. The summed E-state index contributed by atoms with van der Waals surface area (Å²) >= 11 is 0. The molecule has 48 nitrogen and oxygen atoms in total. The van der Waals surface area contributed by atoms with Gasteiger partial charge in [-0.3, -0.25) is 0 Å². The molecule has 10 atom stereocenters. The zero-order chi connectivity index (χ0) is 90.0. The molecule has 0 aliphatic carbocycles. The van der Waals surface area contributed by atoms with E-state index < -0.39 is 351 Å². The average molecular weight is 1730 g/mol. The van der Waals surface area contributed by atoms with E-state index in [-0.39, 0.29) is 18.2 Å². The Morgan fingerprint density at radius 3 is 1.02 bits per heavy atom. The molecule has 3 aliphatic rings. The summed E-state index contributed by atoms with van der Waals surface area (Å²) in [6.07, 6.45) is -26.9. The van der Waals surface area contributed by atoms with Crippen LogP contribution < -0.4 is 4.74 Å². The number of hydrogen-bond acceptors (Lipinski definition) is 48. The Hall–Kier alpha value is -17.3. The fourth-order valence-corrected chi connectivity index (χ4v) is 12.2. The maximum atomic E-state index is 15.2. The standard InChI is InChI=1S/C75H56O48/c76-27-1-18(2-28(77)46(27)90)65(103)118-61-55(99)42(115-74(122-69(107)22-9-35(84)50(94)36(85)10-22)63(61)120-67(105)20-5-31(80)48(92)32(81)6-20)16-112-72(110)26-14-40(89)53(97)58(102)59(26)114-41-15-25-45(57(101)54(41)98)44-24(13-39(88)52(96)56(44)100)73(111)117-60-43(17-113-71(25)109)116-75(123-70(108)23-11-37(86)51(95)38(87)12-23)64(121-68(106)21-7-33(82)49(93)34(83)8-21)62(60)119-66(104)19-3-29(78)47(91)30(79)4-19/h1-15,42-43,55,60-64,74-102H,16-17H2. The van der Waals surface area contributed by atoms with Gasteiger partial charge in [0.1, 0.15) is 37.1 Å². The van der Waals surface area contributed by atoms with Crippen LogP contribution in [0, 0.1) is 0 Å². The third-order valence-corrected chi connectivity index (χ3v) is 18.3. The first-order valence-electron chi connectivity index (χ1n) is 34.0. The maximum absolute atomic E-state index is 15.2. The Bertz CT molecular complexity index is 5810. The Morgan fingerprint density at radius 1 is 0.317 bits per heavy atom. The molecule has 9 aromatic rings. The van der Waals surface area contributed by atoms with Crippen molar-refractivity contribution in [3.8, 4) is 172 Å². The van der Waals surface area contributed by atoms with Gasteiger partial charge in [0.15, 0.2) is 156 Å². The van der Waals surface area contributed by atoms with Crippen molar-refractivity contribution >= 4 is 53.7 Å². The summed E-state index contributed by atoms with van der Waals surface area (Å²) in [5, 5.41) is 288. The van der Waals surface area contributed by atoms with E-state index in [4.69, 9.17) is 56.8 Å². The van der Waals surface area contributed by atoms with E-state index >= 15 is 9.59 Å². The minimum atomic E-state index is -2.82. The highest BCUT2D eigenvalue weighted by Gasteiger charge is 2.57. The third-order valence-electron chi connectivity index (χ3n) is 18.3. The molecule has 0 amide bonds. The van der Waals surface area contributed by atoms with Crippen LogP contribution in [-0.2, 0) is 52.1 Å². The summed E-state index contributed by atoms with van der Waals surface area (Å²) in [6.45, 7) is -3.19. The number of hydrogen-bond donors (Lipinski definition) is 27. The molecule has 27 N–H and O–H groups in total. The third kappa shape index (κ3) is 16.2. The zero-order valence-electron chi connectivity index (χ0n) is 60.5. The number of carbonyl (C=O) groups excluding carboxylic acids is 9. The first kappa shape index (κ1) is 85.1. The van der Waals surface area contributed by atoms with Crippen LogP contribution in [0.2, 0.25) is 0 Å². The molecule has 2 fully saturated rings. The minimum Gasteiger partial charge on any atom is -0.504 e. The van der Waals surface area contributed by atoms with Crippen LogP contribution in [0.1, 0.15) is 93.2 Å². The summed E-state index contributed by atoms with van der Waals surface area (Å²) < 4.78 is 67.2. The SMILES string of the molecule is O=C(OC1OC(COC(=O)c2cc(O)c(O)c(O)c2Oc2cc3c(c(O)c2O)-c2c(cc(O)c(O)c2O)C(=O)OC2C(COC3=O)OC(OC(=O)c3cc(O)c(O)c(O)c3)C(OC(=O)c3cc(O)c(O)c(O)c3)C2OC(=O)c2cc(O)c(O)c(O)c2)C(O)C(OC(=O)c2cc(O)c(O)c(O)c2)C1OC(=O)c1cc(O)c(O)c(O)c1)c1cc(O)c(O)c(O)c1. The van der Waals surface area contributed by atoms with Gasteiger partial charge in [-0.15, -0.1) is 0 Å². The molecule has 3 aliphatic heterocycles. The Kier molecular flexibility index (Phi) is 22.6. The molecule has 2 saturated heterocycles. The lowest BCUT2D eigenvalue weighted by molar-refractivity contribution is -0.283. The van der Waals surface area contributed by atoms with E-state index in [0.29, 0.717) is 72.8 Å². The molecule has 123 heavy (non-hydrogen) atoms. The first-order chi connectivity index (χ1) is 57.8. The number of phenolic OH excluding ortho intramolecular Hbond substituents is 26. The van der Waals surface area contributed by atoms with Gasteiger partial charge in [-0.1, -0.05) is 0 Å². The van der Waals surface area contributed by atoms with Crippen LogP contribution in [0.3, 0.4) is 0 Å². The maximum Gasteiger partial charge on any atom is 0.342 e. The Labute approximate surface area is 677 Å². The highest BCUT2D eigenvalue weighted by Crippen LogP contribution is 2.56. The second-order valence-electron chi connectivity index (χ2n) is 26.2. The number of aliphatic hydroxyl groups is 1. The van der Waals surface area contributed by atoms with E-state index in [2.05, 4.69) is 0 Å². The van der Waals surface area contributed by atoms with E-state index in [0.717, 1.165) is 0 Å². The van der Waals surface area contributed by atoms with Crippen molar-refractivity contribution in [2.75, 3.05) is 13.2 Å². The molecule has 12 rings (SSSR count). The van der Waals surface area contributed by atoms with Crippen molar-refractivity contribution < 1.29 is 238 Å². The van der Waals surface area contributed by atoms with Gasteiger partial charge in [0.05, 0.1) is 44.5 Å². The monoisotopic (exact) mass is 1720 g/mol. The van der Waals surface area contributed by atoms with Crippen LogP contribution in [0.15, 0.2) is 91.0 Å². The van der Waals surface area contributed by atoms with Crippen LogP contribution in [0.25, 0.3) is 11.1 Å². The van der Waals surface area contributed by atoms with Gasteiger partial charge in [-0.2, -0.15) is 0 Å². The number of benzene rings is 9. The topological polar surface area (TPSA) is 811 Å². The summed E-state index contributed by atoms with van der Waals surface area (Å²) in [5.41, 5.74) is -12.7. The number of aliphatic hydroxyl groups excluding tert-OH is 1. The highest BCUT2D eigenvalue weighted by molar-refractivity contribution is 6.09. The molecule has 644 valence electrons. The molecule has 0 aromatic heterocycles. The van der Waals surface area contributed by atoms with Gasteiger partial charge >= 0.3 is 53.7 Å². The van der Waals surface area contributed by atoms with Crippen LogP contribution in [-0.4, -0.2) is 266 Å². The van der Waals surface area contributed by atoms with E-state index in [9.17, 15) is 171 Å². The lowest BCUT2D eigenvalue weighted by Crippen LogP contribution is -2.63. The summed E-state index contributed by atoms with van der Waals surface area (Å²) in [7, 11) is 0. The number of phenols is 26. The second kappa shape index (κ2) is 32.6. The Balaban J connectivity index is 0.935. The number of cyclic esters (lactones) is 1. The van der Waals surface area contributed by atoms with Crippen LogP contribution in [0.4, 0.5) is 0 Å². The van der Waals surface area contributed by atoms with Crippen molar-refractivity contribution in [1.29, 1.82) is 0 Å². The van der Waals surface area contributed by atoms with Crippen LogP contribution >= 0.6 is 0 Å². The Morgan fingerprint density at radius 2 is 0.626 bits per heavy atom. The van der Waals surface area contributed by atoms with Crippen molar-refractivity contribution in [2.24, 2.45) is 0 Å². The number of carbonyl (C=O) groups is 9. The van der Waals surface area contributed by atoms with Gasteiger partial charge in [-0.05, 0) is 78.9 Å². The largest absolute Gasteiger partial charge is 0.504 e. The molecule has 0 bridgehead atoms. The zero-order valence-corrected chi connectivity index (χ0v) is 60.5. The molecule has 0 spiro atoms. The predicted octanol–water partition coefficient (Wildman–Crippen LogP) is 2.77. The number of fused-ring (bicyclic) bond motifs is 4. The van der Waals surface area contributed by atoms with Gasteiger partial charge in [0.25, 0.3) is 0 Å². The molecular formula is C75H56O48. The average Bonchev–Trinajstić information content (AvgIpc) is 1.72. The lowest BCUT2D eigenvalue weighted by atomic mass is 9.91. The molecule has 48 heteroatoms. The summed E-state index contributed by atoms with van der Waals surface area (Å²) in [4.78, 5) is 130. The lowest BCUT2D eigenvalue weighted by Gasteiger charge is -2.43.